The van der Waals surface area contributed by atoms with Crippen molar-refractivity contribution in [2.24, 2.45) is 5.73 Å². The molecule has 1 rings (SSSR count). The summed E-state index contributed by atoms with van der Waals surface area (Å²) < 4.78 is 5.33. The van der Waals surface area contributed by atoms with Crippen LogP contribution in [0.2, 0.25) is 0 Å². The fourth-order valence-corrected chi connectivity index (χ4v) is 1.02. The lowest BCUT2D eigenvalue weighted by molar-refractivity contribution is 0.371. The van der Waals surface area contributed by atoms with Crippen LogP contribution in [0.1, 0.15) is 11.1 Å². The fourth-order valence-electron chi connectivity index (χ4n) is 1.02. The number of ether oxygens (including phenoxy) is 1. The van der Waals surface area contributed by atoms with Gasteiger partial charge in [-0.2, -0.15) is 0 Å². The average molecular weight is 178 g/mol. The SMILES string of the molecule is Cc1ccc(C)c(OCC(=N)N)c1. The third-order valence-electron chi connectivity index (χ3n) is 1.73. The summed E-state index contributed by atoms with van der Waals surface area (Å²) in [4.78, 5) is 0. The first-order valence-electron chi connectivity index (χ1n) is 4.12. The molecule has 0 radical (unpaired) electrons. The fraction of sp³-hybridized carbons (Fsp3) is 0.300. The van der Waals surface area contributed by atoms with Gasteiger partial charge in [0, 0.05) is 0 Å². The van der Waals surface area contributed by atoms with E-state index >= 15 is 0 Å². The van der Waals surface area contributed by atoms with E-state index in [2.05, 4.69) is 0 Å². The summed E-state index contributed by atoms with van der Waals surface area (Å²) in [5.74, 6) is 0.844. The number of rotatable bonds is 3. The molecular formula is C10H14N2O. The van der Waals surface area contributed by atoms with Crippen LogP contribution < -0.4 is 10.5 Å². The lowest BCUT2D eigenvalue weighted by Crippen LogP contribution is -2.19. The van der Waals surface area contributed by atoms with Crippen LogP contribution in [0.15, 0.2) is 18.2 Å². The second kappa shape index (κ2) is 3.94. The van der Waals surface area contributed by atoms with Gasteiger partial charge >= 0.3 is 0 Å². The number of aryl methyl sites for hydroxylation is 2. The molecule has 0 amide bonds. The quantitative estimate of drug-likeness (QED) is 0.545. The summed E-state index contributed by atoms with van der Waals surface area (Å²) in [5.41, 5.74) is 7.39. The second-order valence-corrected chi connectivity index (χ2v) is 3.08. The molecule has 0 spiro atoms. The van der Waals surface area contributed by atoms with Gasteiger partial charge < -0.3 is 10.5 Å². The number of benzene rings is 1. The zero-order chi connectivity index (χ0) is 9.84. The summed E-state index contributed by atoms with van der Waals surface area (Å²) in [6, 6.07) is 5.96. The van der Waals surface area contributed by atoms with E-state index in [9.17, 15) is 0 Å². The van der Waals surface area contributed by atoms with Crippen LogP contribution in [0, 0.1) is 19.3 Å². The van der Waals surface area contributed by atoms with Crippen molar-refractivity contribution in [1.82, 2.24) is 0 Å². The highest BCUT2D eigenvalue weighted by Gasteiger charge is 1.99. The van der Waals surface area contributed by atoms with Gasteiger partial charge in [0.25, 0.3) is 0 Å². The Morgan fingerprint density at radius 2 is 2.15 bits per heavy atom. The predicted octanol–water partition coefficient (Wildman–Crippen LogP) is 1.62. The molecular weight excluding hydrogens is 164 g/mol. The molecule has 70 valence electrons. The van der Waals surface area contributed by atoms with E-state index in [0.29, 0.717) is 0 Å². The molecule has 0 heterocycles. The van der Waals surface area contributed by atoms with Crippen LogP contribution >= 0.6 is 0 Å². The first kappa shape index (κ1) is 9.58. The van der Waals surface area contributed by atoms with E-state index in [1.807, 2.05) is 32.0 Å². The first-order valence-corrected chi connectivity index (χ1v) is 4.12. The van der Waals surface area contributed by atoms with Crippen LogP contribution in [-0.2, 0) is 0 Å². The average Bonchev–Trinajstić information content (AvgIpc) is 2.06. The van der Waals surface area contributed by atoms with Gasteiger partial charge in [0.2, 0.25) is 0 Å². The Balaban J connectivity index is 2.75. The molecule has 0 fully saturated rings. The molecule has 3 heteroatoms. The second-order valence-electron chi connectivity index (χ2n) is 3.08. The molecule has 1 aromatic carbocycles. The monoisotopic (exact) mass is 178 g/mol. The van der Waals surface area contributed by atoms with Crippen molar-refractivity contribution in [2.75, 3.05) is 6.61 Å². The zero-order valence-electron chi connectivity index (χ0n) is 7.92. The number of hydrogen-bond acceptors (Lipinski definition) is 2. The van der Waals surface area contributed by atoms with Crippen molar-refractivity contribution in [1.29, 1.82) is 5.41 Å². The Labute approximate surface area is 78.0 Å². The van der Waals surface area contributed by atoms with E-state index in [1.165, 1.54) is 0 Å². The molecule has 0 saturated heterocycles. The van der Waals surface area contributed by atoms with Crippen LogP contribution in [0.3, 0.4) is 0 Å². The van der Waals surface area contributed by atoms with Gasteiger partial charge in [-0.25, -0.2) is 0 Å². The van der Waals surface area contributed by atoms with Gasteiger partial charge in [0.05, 0.1) is 0 Å². The van der Waals surface area contributed by atoms with Gasteiger partial charge in [0.1, 0.15) is 18.2 Å². The molecule has 0 bridgehead atoms. The van der Waals surface area contributed by atoms with E-state index in [0.717, 1.165) is 16.9 Å². The standard InChI is InChI=1S/C10H14N2O/c1-7-3-4-8(2)9(5-7)13-6-10(11)12/h3-5H,6H2,1-2H3,(H3,11,12). The number of nitrogens with one attached hydrogen (secondary N) is 1. The van der Waals surface area contributed by atoms with Crippen molar-refractivity contribution in [2.45, 2.75) is 13.8 Å². The highest BCUT2D eigenvalue weighted by Crippen LogP contribution is 2.18. The maximum absolute atomic E-state index is 7.02. The molecule has 0 atom stereocenters. The minimum atomic E-state index is 0.0425. The van der Waals surface area contributed by atoms with Crippen molar-refractivity contribution in [3.05, 3.63) is 29.3 Å². The van der Waals surface area contributed by atoms with Gasteiger partial charge in [-0.1, -0.05) is 12.1 Å². The van der Waals surface area contributed by atoms with Crippen LogP contribution in [0.4, 0.5) is 0 Å². The maximum atomic E-state index is 7.02. The minimum absolute atomic E-state index is 0.0425. The van der Waals surface area contributed by atoms with Crippen molar-refractivity contribution in [3.8, 4) is 5.75 Å². The smallest absolute Gasteiger partial charge is 0.145 e. The summed E-state index contributed by atoms with van der Waals surface area (Å²) in [7, 11) is 0. The van der Waals surface area contributed by atoms with E-state index in [-0.39, 0.29) is 12.4 Å². The van der Waals surface area contributed by atoms with Crippen LogP contribution in [-0.4, -0.2) is 12.4 Å². The zero-order valence-corrected chi connectivity index (χ0v) is 7.92. The van der Waals surface area contributed by atoms with Crippen LogP contribution in [0.5, 0.6) is 5.75 Å². The molecule has 1 aromatic rings. The molecule has 0 aromatic heterocycles. The Bertz CT molecular complexity index is 321. The predicted molar refractivity (Wildman–Crippen MR) is 53.3 cm³/mol. The Hall–Kier alpha value is -1.51. The third kappa shape index (κ3) is 2.78. The summed E-state index contributed by atoms with van der Waals surface area (Å²) >= 11 is 0. The molecule has 0 aliphatic rings. The summed E-state index contributed by atoms with van der Waals surface area (Å²) in [5, 5.41) is 7.02. The van der Waals surface area contributed by atoms with Crippen molar-refractivity contribution >= 4 is 5.84 Å². The number of hydrogen-bond donors (Lipinski definition) is 2. The normalized spacial score (nSPS) is 9.69. The minimum Gasteiger partial charge on any atom is -0.485 e. The molecule has 3 N–H and O–H groups in total. The molecule has 3 nitrogen and oxygen atoms in total. The number of amidine groups is 1. The lowest BCUT2D eigenvalue weighted by atomic mass is 10.1. The molecule has 13 heavy (non-hydrogen) atoms. The van der Waals surface area contributed by atoms with Crippen LogP contribution in [0.25, 0.3) is 0 Å². The van der Waals surface area contributed by atoms with E-state index < -0.39 is 0 Å². The molecule has 0 unspecified atom stereocenters. The largest absolute Gasteiger partial charge is 0.485 e. The van der Waals surface area contributed by atoms with Crippen molar-refractivity contribution in [3.63, 3.8) is 0 Å². The topological polar surface area (TPSA) is 59.1 Å². The van der Waals surface area contributed by atoms with Gasteiger partial charge in [-0.05, 0) is 31.0 Å². The maximum Gasteiger partial charge on any atom is 0.145 e. The van der Waals surface area contributed by atoms with Gasteiger partial charge in [-0.3, -0.25) is 5.41 Å². The molecule has 0 aliphatic heterocycles. The number of nitrogens with two attached hydrogens (primary N) is 1. The lowest BCUT2D eigenvalue weighted by Gasteiger charge is -2.08. The highest BCUT2D eigenvalue weighted by atomic mass is 16.5. The first-order chi connectivity index (χ1) is 6.09. The van der Waals surface area contributed by atoms with Gasteiger partial charge in [-0.15, -0.1) is 0 Å². The Kier molecular flexibility index (Phi) is 2.90. The van der Waals surface area contributed by atoms with E-state index in [1.54, 1.807) is 0 Å². The summed E-state index contributed by atoms with van der Waals surface area (Å²) in [6.07, 6.45) is 0. The Morgan fingerprint density at radius 1 is 1.46 bits per heavy atom. The molecule has 0 saturated carbocycles. The molecule has 0 aliphatic carbocycles. The third-order valence-corrected chi connectivity index (χ3v) is 1.73. The van der Waals surface area contributed by atoms with Gasteiger partial charge in [0.15, 0.2) is 0 Å². The Morgan fingerprint density at radius 3 is 2.77 bits per heavy atom. The summed E-state index contributed by atoms with van der Waals surface area (Å²) in [6.45, 7) is 4.12. The van der Waals surface area contributed by atoms with Crippen molar-refractivity contribution < 1.29 is 4.74 Å². The van der Waals surface area contributed by atoms with E-state index in [4.69, 9.17) is 15.9 Å². The highest BCUT2D eigenvalue weighted by molar-refractivity contribution is 5.78.